The summed E-state index contributed by atoms with van der Waals surface area (Å²) < 4.78 is 0. The van der Waals surface area contributed by atoms with E-state index in [0.717, 1.165) is 0 Å². The number of fused-ring (bicyclic) bond motifs is 1. The average Bonchev–Trinajstić information content (AvgIpc) is 2.17. The van der Waals surface area contributed by atoms with E-state index in [-0.39, 0.29) is 11.0 Å². The summed E-state index contributed by atoms with van der Waals surface area (Å²) in [6, 6.07) is 3.04. The molecule has 2 aromatic heterocycles. The third kappa shape index (κ3) is 1.30. The molecule has 76 valence electrons. The number of pyridine rings is 2. The molecule has 0 bridgehead atoms. The number of hydrogen-bond acceptors (Lipinski definition) is 5. The van der Waals surface area contributed by atoms with Gasteiger partial charge in [0.2, 0.25) is 5.75 Å². The van der Waals surface area contributed by atoms with Crippen LogP contribution >= 0.6 is 0 Å². The molecular formula is C8H5N3O4. The third-order valence-electron chi connectivity index (χ3n) is 1.90. The van der Waals surface area contributed by atoms with Crippen LogP contribution in [0.15, 0.2) is 23.1 Å². The molecule has 2 heterocycles. The molecule has 7 heteroatoms. The monoisotopic (exact) mass is 207 g/mol. The highest BCUT2D eigenvalue weighted by Crippen LogP contribution is 2.27. The second-order valence-electron chi connectivity index (χ2n) is 2.81. The molecule has 0 aliphatic rings. The fourth-order valence-electron chi connectivity index (χ4n) is 1.27. The van der Waals surface area contributed by atoms with Gasteiger partial charge in [-0.15, -0.1) is 0 Å². The van der Waals surface area contributed by atoms with E-state index in [1.165, 1.54) is 12.3 Å². The first kappa shape index (κ1) is 9.13. The lowest BCUT2D eigenvalue weighted by Crippen LogP contribution is -2.11. The van der Waals surface area contributed by atoms with Crippen LogP contribution in [0.3, 0.4) is 0 Å². The van der Waals surface area contributed by atoms with Crippen LogP contribution in [0.1, 0.15) is 0 Å². The Hall–Kier alpha value is -2.44. The predicted molar refractivity (Wildman–Crippen MR) is 50.7 cm³/mol. The van der Waals surface area contributed by atoms with Gasteiger partial charge in [-0.3, -0.25) is 19.9 Å². The lowest BCUT2D eigenvalue weighted by atomic mass is 10.3. The van der Waals surface area contributed by atoms with Crippen LogP contribution in [0.25, 0.3) is 11.0 Å². The minimum Gasteiger partial charge on any atom is -0.500 e. The van der Waals surface area contributed by atoms with E-state index in [9.17, 15) is 20.0 Å². The number of rotatable bonds is 1. The number of nitrogens with one attached hydrogen (secondary N) is 1. The Morgan fingerprint density at radius 1 is 1.53 bits per heavy atom. The van der Waals surface area contributed by atoms with Crippen LogP contribution in [0, 0.1) is 10.1 Å². The molecule has 0 spiro atoms. The molecule has 2 rings (SSSR count). The van der Waals surface area contributed by atoms with Gasteiger partial charge in [-0.2, -0.15) is 0 Å². The van der Waals surface area contributed by atoms with Crippen LogP contribution in [-0.4, -0.2) is 20.0 Å². The van der Waals surface area contributed by atoms with Gasteiger partial charge in [0.15, 0.2) is 0 Å². The maximum Gasteiger partial charge on any atom is 0.377 e. The van der Waals surface area contributed by atoms with Crippen LogP contribution in [0.5, 0.6) is 5.75 Å². The molecule has 0 aromatic carbocycles. The summed E-state index contributed by atoms with van der Waals surface area (Å²) in [5, 5.41) is 20.0. The third-order valence-corrected chi connectivity index (χ3v) is 1.90. The molecule has 0 aliphatic carbocycles. The summed E-state index contributed by atoms with van der Waals surface area (Å²) in [5.74, 6) is -0.709. The summed E-state index contributed by atoms with van der Waals surface area (Å²) in [4.78, 5) is 26.8. The maximum absolute atomic E-state index is 11.2. The summed E-state index contributed by atoms with van der Waals surface area (Å²) in [7, 11) is 0. The summed E-state index contributed by atoms with van der Waals surface area (Å²) in [6.45, 7) is 0. The highest BCUT2D eigenvalue weighted by molar-refractivity contribution is 5.83. The van der Waals surface area contributed by atoms with Crippen LogP contribution < -0.4 is 5.56 Å². The van der Waals surface area contributed by atoms with Crippen molar-refractivity contribution in [2.75, 3.05) is 0 Å². The van der Waals surface area contributed by atoms with Crippen molar-refractivity contribution in [1.29, 1.82) is 0 Å². The van der Waals surface area contributed by atoms with Crippen molar-refractivity contribution in [3.63, 3.8) is 0 Å². The minimum absolute atomic E-state index is 0.00352. The van der Waals surface area contributed by atoms with E-state index >= 15 is 0 Å². The molecule has 0 unspecified atom stereocenters. The Labute approximate surface area is 82.2 Å². The SMILES string of the molecule is O=c1[nH]c2cccnc2c(O)c1[N+](=O)[O-]. The molecule has 0 aliphatic heterocycles. The van der Waals surface area contributed by atoms with E-state index in [1.54, 1.807) is 6.07 Å². The first-order valence-electron chi connectivity index (χ1n) is 3.95. The molecule has 0 radical (unpaired) electrons. The number of nitro groups is 1. The molecule has 0 fully saturated rings. The highest BCUT2D eigenvalue weighted by Gasteiger charge is 2.22. The fourth-order valence-corrected chi connectivity index (χ4v) is 1.27. The van der Waals surface area contributed by atoms with E-state index in [0.29, 0.717) is 0 Å². The Morgan fingerprint density at radius 2 is 2.27 bits per heavy atom. The number of hydrogen-bond donors (Lipinski definition) is 2. The number of H-pyrrole nitrogens is 1. The minimum atomic E-state index is -0.946. The highest BCUT2D eigenvalue weighted by atomic mass is 16.6. The van der Waals surface area contributed by atoms with E-state index < -0.39 is 21.9 Å². The van der Waals surface area contributed by atoms with Gasteiger partial charge in [-0.1, -0.05) is 0 Å². The van der Waals surface area contributed by atoms with Crippen LogP contribution in [0.2, 0.25) is 0 Å². The summed E-state index contributed by atoms with van der Waals surface area (Å²) in [5.41, 5.74) is -1.58. The van der Waals surface area contributed by atoms with Gasteiger partial charge < -0.3 is 10.1 Å². The Bertz CT molecular complexity index is 604. The van der Waals surface area contributed by atoms with Crippen molar-refractivity contribution < 1.29 is 10.0 Å². The van der Waals surface area contributed by atoms with Gasteiger partial charge >= 0.3 is 11.2 Å². The molecule has 0 amide bonds. The molecular weight excluding hydrogens is 202 g/mol. The zero-order valence-corrected chi connectivity index (χ0v) is 7.30. The first-order chi connectivity index (χ1) is 7.11. The van der Waals surface area contributed by atoms with Gasteiger partial charge in [0.1, 0.15) is 5.52 Å². The molecule has 0 saturated heterocycles. The second kappa shape index (κ2) is 3.05. The number of aromatic hydroxyl groups is 1. The molecule has 7 nitrogen and oxygen atoms in total. The largest absolute Gasteiger partial charge is 0.500 e. The van der Waals surface area contributed by atoms with Crippen molar-refractivity contribution >= 4 is 16.7 Å². The smallest absolute Gasteiger partial charge is 0.377 e. The summed E-state index contributed by atoms with van der Waals surface area (Å²) in [6.07, 6.45) is 1.37. The number of aromatic amines is 1. The van der Waals surface area contributed by atoms with E-state index in [1.807, 2.05) is 0 Å². The Morgan fingerprint density at radius 3 is 2.93 bits per heavy atom. The quantitative estimate of drug-likeness (QED) is 0.523. The Kier molecular flexibility index (Phi) is 1.86. The standard InChI is InChI=1S/C8H5N3O4/c12-7-5-4(2-1-3-9-5)10-8(13)6(7)11(14)15/h1-3H,(H2,10,12,13). The zero-order valence-electron chi connectivity index (χ0n) is 7.30. The fraction of sp³-hybridized carbons (Fsp3) is 0. The molecule has 15 heavy (non-hydrogen) atoms. The van der Waals surface area contributed by atoms with Crippen LogP contribution in [-0.2, 0) is 0 Å². The first-order valence-corrected chi connectivity index (χ1v) is 3.95. The number of aromatic nitrogens is 2. The number of nitrogens with zero attached hydrogens (tertiary/aromatic N) is 2. The lowest BCUT2D eigenvalue weighted by Gasteiger charge is -1.99. The lowest BCUT2D eigenvalue weighted by molar-refractivity contribution is -0.387. The van der Waals surface area contributed by atoms with Crippen molar-refractivity contribution in [2.24, 2.45) is 0 Å². The van der Waals surface area contributed by atoms with Gasteiger partial charge in [-0.25, -0.2) is 0 Å². The summed E-state index contributed by atoms with van der Waals surface area (Å²) >= 11 is 0. The van der Waals surface area contributed by atoms with Gasteiger partial charge in [-0.05, 0) is 12.1 Å². The Balaban J connectivity index is 2.97. The zero-order chi connectivity index (χ0) is 11.0. The van der Waals surface area contributed by atoms with Crippen molar-refractivity contribution in [3.05, 3.63) is 38.8 Å². The average molecular weight is 207 g/mol. The van der Waals surface area contributed by atoms with Crippen molar-refractivity contribution in [3.8, 4) is 5.75 Å². The predicted octanol–water partition coefficient (Wildman–Crippen LogP) is 0.537. The van der Waals surface area contributed by atoms with Crippen molar-refractivity contribution in [2.45, 2.75) is 0 Å². The maximum atomic E-state index is 11.2. The van der Waals surface area contributed by atoms with E-state index in [4.69, 9.17) is 0 Å². The van der Waals surface area contributed by atoms with Crippen molar-refractivity contribution in [1.82, 2.24) is 9.97 Å². The topological polar surface area (TPSA) is 109 Å². The van der Waals surface area contributed by atoms with Crippen LogP contribution in [0.4, 0.5) is 5.69 Å². The van der Waals surface area contributed by atoms with Gasteiger partial charge in [0.25, 0.3) is 0 Å². The van der Waals surface area contributed by atoms with Gasteiger partial charge in [0, 0.05) is 6.20 Å². The molecule has 0 saturated carbocycles. The normalized spacial score (nSPS) is 10.4. The van der Waals surface area contributed by atoms with E-state index in [2.05, 4.69) is 9.97 Å². The van der Waals surface area contributed by atoms with Gasteiger partial charge in [0.05, 0.1) is 10.4 Å². The molecule has 0 atom stereocenters. The molecule has 2 aromatic rings. The molecule has 2 N–H and O–H groups in total. The second-order valence-corrected chi connectivity index (χ2v) is 2.81.